The number of benzene rings is 1. The molecule has 4 N–H and O–H groups in total. The highest BCUT2D eigenvalue weighted by Gasteiger charge is 2.09. The number of hydrogen-bond acceptors (Lipinski definition) is 5. The van der Waals surface area contributed by atoms with Crippen molar-refractivity contribution in [2.24, 2.45) is 0 Å². The van der Waals surface area contributed by atoms with Gasteiger partial charge in [0.1, 0.15) is 3.70 Å². The Morgan fingerprint density at radius 2 is 2.06 bits per heavy atom. The van der Waals surface area contributed by atoms with Crippen molar-refractivity contribution >= 4 is 39.4 Å². The van der Waals surface area contributed by atoms with Gasteiger partial charge < -0.3 is 11.6 Å². The van der Waals surface area contributed by atoms with Crippen molar-refractivity contribution in [2.75, 3.05) is 11.6 Å². The van der Waals surface area contributed by atoms with E-state index >= 15 is 0 Å². The zero-order valence-electron chi connectivity index (χ0n) is 9.21. The van der Waals surface area contributed by atoms with Gasteiger partial charge in [0.05, 0.1) is 11.2 Å². The minimum Gasteiger partial charge on any atom is -0.368 e. The Bertz CT molecular complexity index is 735. The number of halogens is 1. The van der Waals surface area contributed by atoms with Gasteiger partial charge in [-0.3, -0.25) is 0 Å². The number of anilines is 1. The van der Waals surface area contributed by atoms with E-state index in [1.807, 2.05) is 24.3 Å². The van der Waals surface area contributed by atoms with Gasteiger partial charge in [-0.15, -0.1) is 5.10 Å². The molecule has 2 heterocycles. The van der Waals surface area contributed by atoms with Gasteiger partial charge in [0.15, 0.2) is 0 Å². The summed E-state index contributed by atoms with van der Waals surface area (Å²) in [6, 6.07) is 7.66. The van der Waals surface area contributed by atoms with Crippen LogP contribution in [0.4, 0.5) is 5.95 Å². The fourth-order valence-corrected chi connectivity index (χ4v) is 2.46. The highest BCUT2D eigenvalue weighted by Crippen LogP contribution is 2.25. The van der Waals surface area contributed by atoms with Gasteiger partial charge in [-0.05, 0) is 40.8 Å². The van der Waals surface area contributed by atoms with Crippen LogP contribution >= 0.6 is 22.6 Å². The van der Waals surface area contributed by atoms with E-state index in [1.54, 1.807) is 6.20 Å². The molecule has 0 spiro atoms. The maximum Gasteiger partial charge on any atom is 0.220 e. The molecule has 90 valence electrons. The van der Waals surface area contributed by atoms with Crippen molar-refractivity contribution in [1.29, 1.82) is 0 Å². The summed E-state index contributed by atoms with van der Waals surface area (Å²) < 4.78 is 0.856. The van der Waals surface area contributed by atoms with Gasteiger partial charge in [-0.1, -0.05) is 6.07 Å². The van der Waals surface area contributed by atoms with Crippen LogP contribution in [-0.4, -0.2) is 19.9 Å². The first-order valence-electron chi connectivity index (χ1n) is 5.17. The standard InChI is InChI=1S/C11H9IN6/c12-10-7-5-6(1-2-9(7)18(14)17-10)8-3-4-15-11(13)16-8/h1-5H,14H2,(H2,13,15,16). The molecule has 6 nitrogen and oxygen atoms in total. The van der Waals surface area contributed by atoms with E-state index in [-0.39, 0.29) is 5.95 Å². The average molecular weight is 352 g/mol. The van der Waals surface area contributed by atoms with Gasteiger partial charge in [0, 0.05) is 17.1 Å². The molecule has 0 fully saturated rings. The Balaban J connectivity index is 2.22. The average Bonchev–Trinajstić information content (AvgIpc) is 2.65. The summed E-state index contributed by atoms with van der Waals surface area (Å²) >= 11 is 2.15. The lowest BCUT2D eigenvalue weighted by Crippen LogP contribution is -2.09. The maximum atomic E-state index is 5.75. The Hall–Kier alpha value is -1.90. The number of fused-ring (bicyclic) bond motifs is 1. The first kappa shape index (κ1) is 11.2. The summed E-state index contributed by atoms with van der Waals surface area (Å²) in [5.41, 5.74) is 8.21. The lowest BCUT2D eigenvalue weighted by Gasteiger charge is -2.02. The molecule has 0 aliphatic carbocycles. The topological polar surface area (TPSA) is 95.6 Å². The van der Waals surface area contributed by atoms with Gasteiger partial charge in [-0.2, -0.15) is 4.79 Å². The molecule has 2 aromatic heterocycles. The summed E-state index contributed by atoms with van der Waals surface area (Å²) in [4.78, 5) is 9.44. The van der Waals surface area contributed by atoms with Crippen molar-refractivity contribution in [3.05, 3.63) is 34.2 Å². The molecule has 0 saturated heterocycles. The van der Waals surface area contributed by atoms with E-state index in [0.29, 0.717) is 0 Å². The molecule has 0 aliphatic rings. The van der Waals surface area contributed by atoms with Crippen LogP contribution in [0, 0.1) is 3.70 Å². The molecule has 0 amide bonds. The number of nitrogens with two attached hydrogens (primary N) is 2. The summed E-state index contributed by atoms with van der Waals surface area (Å²) in [7, 11) is 0. The highest BCUT2D eigenvalue weighted by molar-refractivity contribution is 14.1. The largest absolute Gasteiger partial charge is 0.368 e. The molecule has 0 saturated carbocycles. The molecule has 18 heavy (non-hydrogen) atoms. The molecule has 3 rings (SSSR count). The molecule has 1 aromatic carbocycles. The molecule has 7 heteroatoms. The zero-order chi connectivity index (χ0) is 12.7. The van der Waals surface area contributed by atoms with Gasteiger partial charge in [-0.25, -0.2) is 9.97 Å². The van der Waals surface area contributed by atoms with Crippen LogP contribution < -0.4 is 11.6 Å². The Labute approximate surface area is 116 Å². The van der Waals surface area contributed by atoms with Crippen LogP contribution in [0.25, 0.3) is 22.2 Å². The number of nitrogen functional groups attached to an aromatic ring is 2. The van der Waals surface area contributed by atoms with Crippen LogP contribution in [0.2, 0.25) is 0 Å². The van der Waals surface area contributed by atoms with Crippen LogP contribution in [0.1, 0.15) is 0 Å². The first-order valence-corrected chi connectivity index (χ1v) is 6.25. The van der Waals surface area contributed by atoms with Crippen LogP contribution in [0.15, 0.2) is 30.5 Å². The molecule has 0 atom stereocenters. The molecule has 0 aliphatic heterocycles. The molecule has 3 aromatic rings. The second-order valence-corrected chi connectivity index (χ2v) is 4.79. The van der Waals surface area contributed by atoms with Crippen molar-refractivity contribution in [3.63, 3.8) is 0 Å². The summed E-state index contributed by atoms with van der Waals surface area (Å²) in [5, 5.41) is 5.16. The zero-order valence-corrected chi connectivity index (χ0v) is 11.4. The fraction of sp³-hybridized carbons (Fsp3) is 0. The van der Waals surface area contributed by atoms with E-state index in [0.717, 1.165) is 25.9 Å². The normalized spacial score (nSPS) is 10.9. The fourth-order valence-electron chi connectivity index (χ4n) is 1.80. The Kier molecular flexibility index (Phi) is 2.54. The number of hydrogen-bond donors (Lipinski definition) is 2. The van der Waals surface area contributed by atoms with E-state index in [9.17, 15) is 0 Å². The lowest BCUT2D eigenvalue weighted by molar-refractivity contribution is 0.851. The molecule has 0 unspecified atom stereocenters. The monoisotopic (exact) mass is 352 g/mol. The van der Waals surface area contributed by atoms with E-state index in [4.69, 9.17) is 11.6 Å². The molecular weight excluding hydrogens is 343 g/mol. The van der Waals surface area contributed by atoms with Crippen molar-refractivity contribution in [2.45, 2.75) is 0 Å². The smallest absolute Gasteiger partial charge is 0.220 e. The Morgan fingerprint density at radius 1 is 1.22 bits per heavy atom. The van der Waals surface area contributed by atoms with Crippen LogP contribution in [0.5, 0.6) is 0 Å². The van der Waals surface area contributed by atoms with Crippen LogP contribution in [-0.2, 0) is 0 Å². The van der Waals surface area contributed by atoms with Crippen molar-refractivity contribution < 1.29 is 0 Å². The molecular formula is C11H9IN6. The first-order chi connectivity index (χ1) is 8.65. The van der Waals surface area contributed by atoms with Gasteiger partial charge in [0.25, 0.3) is 0 Å². The van der Waals surface area contributed by atoms with Gasteiger partial charge in [0.2, 0.25) is 5.95 Å². The third kappa shape index (κ3) is 1.76. The molecule has 0 radical (unpaired) electrons. The Morgan fingerprint density at radius 3 is 2.83 bits per heavy atom. The predicted molar refractivity (Wildman–Crippen MR) is 78.0 cm³/mol. The minimum atomic E-state index is 0.261. The van der Waals surface area contributed by atoms with Crippen molar-refractivity contribution in [3.8, 4) is 11.3 Å². The quantitative estimate of drug-likeness (QED) is 0.510. The molecule has 0 bridgehead atoms. The van der Waals surface area contributed by atoms with Crippen LogP contribution in [0.3, 0.4) is 0 Å². The van der Waals surface area contributed by atoms with Gasteiger partial charge >= 0.3 is 0 Å². The second-order valence-electron chi connectivity index (χ2n) is 3.77. The van der Waals surface area contributed by atoms with E-state index in [2.05, 4.69) is 37.7 Å². The number of aromatic nitrogens is 4. The number of rotatable bonds is 1. The lowest BCUT2D eigenvalue weighted by atomic mass is 10.1. The summed E-state index contributed by atoms with van der Waals surface area (Å²) in [5.74, 6) is 6.01. The third-order valence-electron chi connectivity index (χ3n) is 2.63. The minimum absolute atomic E-state index is 0.261. The SMILES string of the molecule is Nc1nccc(-c2ccc3c(c2)c(I)nn3N)n1. The second kappa shape index (κ2) is 4.09. The van der Waals surface area contributed by atoms with E-state index in [1.165, 1.54) is 4.79 Å². The predicted octanol–water partition coefficient (Wildman–Crippen LogP) is 1.39. The highest BCUT2D eigenvalue weighted by atomic mass is 127. The van der Waals surface area contributed by atoms with E-state index < -0.39 is 0 Å². The summed E-state index contributed by atoms with van der Waals surface area (Å²) in [6.07, 6.45) is 1.64. The number of nitrogens with zero attached hydrogens (tertiary/aromatic N) is 4. The maximum absolute atomic E-state index is 5.75. The third-order valence-corrected chi connectivity index (χ3v) is 3.43. The van der Waals surface area contributed by atoms with Crippen molar-refractivity contribution in [1.82, 2.24) is 19.9 Å². The summed E-state index contributed by atoms with van der Waals surface area (Å²) in [6.45, 7) is 0.